The van der Waals surface area contributed by atoms with Gasteiger partial charge in [-0.25, -0.2) is 4.99 Å². The summed E-state index contributed by atoms with van der Waals surface area (Å²) in [5.74, 6) is 0.549. The zero-order valence-corrected chi connectivity index (χ0v) is 15.1. The molecule has 0 bridgehead atoms. The average molecular weight is 390 g/mol. The molecule has 3 aromatic carbocycles. The highest BCUT2D eigenvalue weighted by atomic mass is 79.9. The Bertz CT molecular complexity index is 1070. The van der Waals surface area contributed by atoms with E-state index in [9.17, 15) is 0 Å². The number of hydrogen-bond acceptors (Lipinski definition) is 1. The summed E-state index contributed by atoms with van der Waals surface area (Å²) < 4.78 is 1.10. The Morgan fingerprint density at radius 1 is 1.04 bits per heavy atom. The zero-order chi connectivity index (χ0) is 17.0. The third-order valence-corrected chi connectivity index (χ3v) is 5.47. The Morgan fingerprint density at radius 2 is 1.88 bits per heavy atom. The van der Waals surface area contributed by atoms with Crippen molar-refractivity contribution in [2.45, 2.75) is 6.42 Å². The first-order chi connectivity index (χ1) is 12.2. The van der Waals surface area contributed by atoms with Gasteiger partial charge in [-0.1, -0.05) is 52.3 Å². The van der Waals surface area contributed by atoms with Gasteiger partial charge in [0.15, 0.2) is 0 Å². The normalized spacial score (nSPS) is 15.2. The van der Waals surface area contributed by atoms with Crippen molar-refractivity contribution in [1.29, 1.82) is 0 Å². The molecule has 3 aromatic rings. The molecule has 4 heteroatoms. The second-order valence-corrected chi connectivity index (χ2v) is 7.34. The summed E-state index contributed by atoms with van der Waals surface area (Å²) in [6.45, 7) is 0.865. The van der Waals surface area contributed by atoms with Crippen molar-refractivity contribution in [1.82, 2.24) is 0 Å². The maximum Gasteiger partial charge on any atom is 0.201 e. The van der Waals surface area contributed by atoms with Crippen LogP contribution >= 0.6 is 15.9 Å². The van der Waals surface area contributed by atoms with Crippen LogP contribution in [0.2, 0.25) is 0 Å². The maximum absolute atomic E-state index is 6.40. The van der Waals surface area contributed by atoms with Gasteiger partial charge in [0.1, 0.15) is 0 Å². The fourth-order valence-corrected chi connectivity index (χ4v) is 4.20. The lowest BCUT2D eigenvalue weighted by Crippen LogP contribution is -2.35. The van der Waals surface area contributed by atoms with Crippen LogP contribution in [0, 0.1) is 0 Å². The summed E-state index contributed by atoms with van der Waals surface area (Å²) in [7, 11) is 0. The Morgan fingerprint density at radius 3 is 2.76 bits per heavy atom. The highest BCUT2D eigenvalue weighted by Crippen LogP contribution is 2.37. The van der Waals surface area contributed by atoms with E-state index in [1.165, 1.54) is 22.1 Å². The van der Waals surface area contributed by atoms with Crippen LogP contribution in [0.5, 0.6) is 0 Å². The Labute approximate surface area is 154 Å². The van der Waals surface area contributed by atoms with Gasteiger partial charge in [-0.3, -0.25) is 0 Å². The molecule has 1 heterocycles. The molecule has 0 saturated heterocycles. The van der Waals surface area contributed by atoms with Gasteiger partial charge in [-0.2, -0.15) is 0 Å². The topological polar surface area (TPSA) is 41.6 Å². The van der Waals surface area contributed by atoms with Crippen LogP contribution in [0.15, 0.2) is 58.0 Å². The molecule has 0 saturated carbocycles. The van der Waals surface area contributed by atoms with E-state index in [0.29, 0.717) is 5.96 Å². The number of halogens is 1. The molecule has 1 aliphatic carbocycles. The minimum Gasteiger partial charge on any atom is -0.369 e. The van der Waals surface area contributed by atoms with E-state index in [1.54, 1.807) is 0 Å². The molecule has 0 radical (unpaired) electrons. The van der Waals surface area contributed by atoms with E-state index in [1.807, 2.05) is 0 Å². The molecular formula is C21H16BrN3. The molecule has 122 valence electrons. The lowest BCUT2D eigenvalue weighted by Gasteiger charge is -2.18. The number of hydrogen-bond donors (Lipinski definition) is 1. The molecule has 5 rings (SSSR count). The van der Waals surface area contributed by atoms with Crippen LogP contribution in [0.4, 0.5) is 11.4 Å². The zero-order valence-electron chi connectivity index (χ0n) is 13.5. The molecule has 3 nitrogen and oxygen atoms in total. The van der Waals surface area contributed by atoms with Crippen LogP contribution in [0.25, 0.3) is 22.9 Å². The highest BCUT2D eigenvalue weighted by molar-refractivity contribution is 9.10. The number of guanidine groups is 1. The van der Waals surface area contributed by atoms with Gasteiger partial charge in [-0.15, -0.1) is 0 Å². The summed E-state index contributed by atoms with van der Waals surface area (Å²) in [4.78, 5) is 6.88. The van der Waals surface area contributed by atoms with Crippen LogP contribution in [-0.4, -0.2) is 12.5 Å². The molecule has 0 aromatic heterocycles. The molecule has 2 N–H and O–H groups in total. The van der Waals surface area contributed by atoms with Gasteiger partial charge < -0.3 is 10.6 Å². The van der Waals surface area contributed by atoms with Gasteiger partial charge in [-0.05, 0) is 52.8 Å². The molecule has 25 heavy (non-hydrogen) atoms. The van der Waals surface area contributed by atoms with Crippen LogP contribution in [0.3, 0.4) is 0 Å². The average Bonchev–Trinajstić information content (AvgIpc) is 3.22. The predicted molar refractivity (Wildman–Crippen MR) is 109 cm³/mol. The van der Waals surface area contributed by atoms with Gasteiger partial charge in [0.2, 0.25) is 5.96 Å². The fourth-order valence-electron chi connectivity index (χ4n) is 3.79. The molecule has 0 spiro atoms. The van der Waals surface area contributed by atoms with E-state index in [2.05, 4.69) is 81.5 Å². The van der Waals surface area contributed by atoms with Crippen molar-refractivity contribution in [2.24, 2.45) is 10.7 Å². The van der Waals surface area contributed by atoms with Crippen molar-refractivity contribution in [3.05, 3.63) is 69.7 Å². The van der Waals surface area contributed by atoms with Crippen molar-refractivity contribution in [3.8, 4) is 0 Å². The van der Waals surface area contributed by atoms with E-state index in [4.69, 9.17) is 10.7 Å². The van der Waals surface area contributed by atoms with Crippen molar-refractivity contribution >= 4 is 56.2 Å². The Balaban J connectivity index is 1.60. The van der Waals surface area contributed by atoms with Crippen molar-refractivity contribution < 1.29 is 0 Å². The van der Waals surface area contributed by atoms with Crippen LogP contribution < -0.4 is 10.6 Å². The lowest BCUT2D eigenvalue weighted by molar-refractivity contribution is 1.01. The maximum atomic E-state index is 6.40. The molecule has 1 aliphatic heterocycles. The van der Waals surface area contributed by atoms with E-state index < -0.39 is 0 Å². The fraction of sp³-hybridized carbons (Fsp3) is 0.0952. The Kier molecular flexibility index (Phi) is 3.22. The largest absolute Gasteiger partial charge is 0.369 e. The summed E-state index contributed by atoms with van der Waals surface area (Å²) in [5.41, 5.74) is 12.3. The highest BCUT2D eigenvalue weighted by Gasteiger charge is 2.22. The smallest absolute Gasteiger partial charge is 0.201 e. The summed E-state index contributed by atoms with van der Waals surface area (Å²) in [6.07, 6.45) is 5.30. The number of fused-ring (bicyclic) bond motifs is 1. The first-order valence-electron chi connectivity index (χ1n) is 8.35. The minimum atomic E-state index is 0.549. The monoisotopic (exact) mass is 389 g/mol. The van der Waals surface area contributed by atoms with Crippen LogP contribution in [-0.2, 0) is 6.42 Å². The van der Waals surface area contributed by atoms with Gasteiger partial charge in [0.05, 0.1) is 5.69 Å². The van der Waals surface area contributed by atoms with Gasteiger partial charge in [0.25, 0.3) is 0 Å². The first-order valence-corrected chi connectivity index (χ1v) is 9.14. The lowest BCUT2D eigenvalue weighted by atomic mass is 10.0. The van der Waals surface area contributed by atoms with E-state index in [0.717, 1.165) is 34.2 Å². The first kappa shape index (κ1) is 14.7. The molecular weight excluding hydrogens is 374 g/mol. The van der Waals surface area contributed by atoms with Gasteiger partial charge in [0, 0.05) is 22.1 Å². The molecule has 2 aliphatic rings. The van der Waals surface area contributed by atoms with Gasteiger partial charge >= 0.3 is 0 Å². The number of rotatable bonds is 1. The Hall–Kier alpha value is -2.59. The third kappa shape index (κ3) is 2.29. The van der Waals surface area contributed by atoms with E-state index in [-0.39, 0.29) is 0 Å². The standard InChI is InChI=1S/C21H16BrN3/c22-16-7-9-19-15(12-16)10-11-25(19)21(23)24-18-8-6-14-5-4-13-2-1-3-17(18)20(13)14/h1-9,12H,10-11H2,(H2,23,24). The minimum absolute atomic E-state index is 0.549. The van der Waals surface area contributed by atoms with E-state index >= 15 is 0 Å². The second kappa shape index (κ2) is 5.46. The van der Waals surface area contributed by atoms with Crippen molar-refractivity contribution in [3.63, 3.8) is 0 Å². The molecule has 0 unspecified atom stereocenters. The number of benzene rings is 3. The summed E-state index contributed by atoms with van der Waals surface area (Å²) >= 11 is 3.54. The number of nitrogens with zero attached hydrogens (tertiary/aromatic N) is 2. The predicted octanol–water partition coefficient (Wildman–Crippen LogP) is 5.10. The summed E-state index contributed by atoms with van der Waals surface area (Å²) in [5, 5.41) is 2.42. The van der Waals surface area contributed by atoms with Crippen molar-refractivity contribution in [2.75, 3.05) is 11.4 Å². The number of nitrogens with two attached hydrogens (primary N) is 1. The summed E-state index contributed by atoms with van der Waals surface area (Å²) in [6, 6.07) is 16.8. The second-order valence-electron chi connectivity index (χ2n) is 6.42. The molecule has 0 amide bonds. The third-order valence-electron chi connectivity index (χ3n) is 4.97. The number of aliphatic imine (C=N–C) groups is 1. The molecule has 0 fully saturated rings. The number of anilines is 1. The quantitative estimate of drug-likeness (QED) is 0.363. The van der Waals surface area contributed by atoms with Crippen LogP contribution in [0.1, 0.15) is 16.7 Å². The SMILES string of the molecule is NC(=Nc1ccc2c3c(cccc13)C=C2)N1CCc2cc(Br)ccc21. The molecule has 0 atom stereocenters.